The van der Waals surface area contributed by atoms with E-state index in [0.717, 1.165) is 0 Å². The van der Waals surface area contributed by atoms with Gasteiger partial charge in [-0.3, -0.25) is 4.79 Å². The number of aliphatic hydroxyl groups excluding tert-OH is 1. The summed E-state index contributed by atoms with van der Waals surface area (Å²) >= 11 is 0. The highest BCUT2D eigenvalue weighted by Crippen LogP contribution is 2.13. The Bertz CT molecular complexity index is 271. The van der Waals surface area contributed by atoms with Crippen LogP contribution in [0, 0.1) is 5.92 Å². The van der Waals surface area contributed by atoms with Gasteiger partial charge in [-0.05, 0) is 7.05 Å². The molecule has 0 aromatic rings. The third-order valence-electron chi connectivity index (χ3n) is 2.54. The van der Waals surface area contributed by atoms with Gasteiger partial charge in [0.05, 0.1) is 25.7 Å². The molecule has 0 radical (unpaired) electrons. The first-order chi connectivity index (χ1) is 7.56. The van der Waals surface area contributed by atoms with E-state index in [1.54, 1.807) is 7.05 Å². The lowest BCUT2D eigenvalue weighted by Crippen LogP contribution is -2.45. The standard InChI is InChI=1S/C9H16N2O5/c1-10-6-4-16-3-5(6)8(13)11-2-7(12)9(14)15/h5-7,10,12H,2-4H2,1H3,(H,11,13)(H,14,15). The topological polar surface area (TPSA) is 108 Å². The maximum atomic E-state index is 11.6. The summed E-state index contributed by atoms with van der Waals surface area (Å²) in [6.07, 6.45) is -1.57. The first-order valence-electron chi connectivity index (χ1n) is 5.00. The second-order valence-corrected chi connectivity index (χ2v) is 3.64. The molecule has 4 N–H and O–H groups in total. The van der Waals surface area contributed by atoms with Crippen molar-refractivity contribution in [3.63, 3.8) is 0 Å². The average molecular weight is 232 g/mol. The first kappa shape index (κ1) is 12.9. The molecule has 16 heavy (non-hydrogen) atoms. The lowest BCUT2D eigenvalue weighted by molar-refractivity contribution is -0.146. The van der Waals surface area contributed by atoms with E-state index >= 15 is 0 Å². The molecule has 1 aliphatic heterocycles. The van der Waals surface area contributed by atoms with Crippen molar-refractivity contribution in [2.75, 3.05) is 26.8 Å². The van der Waals surface area contributed by atoms with E-state index in [4.69, 9.17) is 14.9 Å². The first-order valence-corrected chi connectivity index (χ1v) is 5.00. The van der Waals surface area contributed by atoms with Gasteiger partial charge in [0.1, 0.15) is 0 Å². The Hall–Kier alpha value is -1.18. The van der Waals surface area contributed by atoms with Crippen LogP contribution in [0.25, 0.3) is 0 Å². The highest BCUT2D eigenvalue weighted by atomic mass is 16.5. The summed E-state index contributed by atoms with van der Waals surface area (Å²) in [6, 6.07) is -0.0676. The number of carbonyl (C=O) groups is 2. The van der Waals surface area contributed by atoms with Crippen molar-refractivity contribution >= 4 is 11.9 Å². The second kappa shape index (κ2) is 5.78. The highest BCUT2D eigenvalue weighted by Gasteiger charge is 2.33. The molecule has 0 aliphatic carbocycles. The number of nitrogens with one attached hydrogen (secondary N) is 2. The molecule has 1 aliphatic rings. The minimum atomic E-state index is -1.57. The smallest absolute Gasteiger partial charge is 0.334 e. The molecule has 0 bridgehead atoms. The Labute approximate surface area is 92.8 Å². The molecule has 1 rings (SSSR count). The molecule has 0 spiro atoms. The molecule has 1 fully saturated rings. The number of hydrogen-bond acceptors (Lipinski definition) is 5. The summed E-state index contributed by atoms with van der Waals surface area (Å²) in [5, 5.41) is 22.7. The van der Waals surface area contributed by atoms with Crippen molar-refractivity contribution in [3.05, 3.63) is 0 Å². The van der Waals surface area contributed by atoms with Gasteiger partial charge < -0.3 is 25.6 Å². The lowest BCUT2D eigenvalue weighted by Gasteiger charge is -2.16. The van der Waals surface area contributed by atoms with Crippen molar-refractivity contribution in [2.24, 2.45) is 5.92 Å². The molecule has 3 atom stereocenters. The fraction of sp³-hybridized carbons (Fsp3) is 0.778. The highest BCUT2D eigenvalue weighted by molar-refractivity contribution is 5.81. The SMILES string of the molecule is CNC1COCC1C(=O)NCC(O)C(=O)O. The maximum Gasteiger partial charge on any atom is 0.334 e. The van der Waals surface area contributed by atoms with E-state index in [1.807, 2.05) is 0 Å². The third kappa shape index (κ3) is 3.16. The van der Waals surface area contributed by atoms with Crippen LogP contribution in [0.3, 0.4) is 0 Å². The van der Waals surface area contributed by atoms with Gasteiger partial charge in [-0.15, -0.1) is 0 Å². The number of likely N-dealkylation sites (N-methyl/N-ethyl adjacent to an activating group) is 1. The van der Waals surface area contributed by atoms with E-state index < -0.39 is 12.1 Å². The Morgan fingerprint density at radius 3 is 2.75 bits per heavy atom. The zero-order valence-corrected chi connectivity index (χ0v) is 8.97. The van der Waals surface area contributed by atoms with Crippen LogP contribution in [0.1, 0.15) is 0 Å². The fourth-order valence-electron chi connectivity index (χ4n) is 1.51. The van der Waals surface area contributed by atoms with Gasteiger partial charge in [-0.25, -0.2) is 4.79 Å². The van der Waals surface area contributed by atoms with Crippen LogP contribution in [0.5, 0.6) is 0 Å². The van der Waals surface area contributed by atoms with E-state index in [0.29, 0.717) is 13.2 Å². The van der Waals surface area contributed by atoms with Gasteiger partial charge in [0.25, 0.3) is 0 Å². The van der Waals surface area contributed by atoms with Crippen LogP contribution >= 0.6 is 0 Å². The van der Waals surface area contributed by atoms with Crippen molar-refractivity contribution in [2.45, 2.75) is 12.1 Å². The quantitative estimate of drug-likeness (QED) is 0.428. The minimum Gasteiger partial charge on any atom is -0.479 e. The normalized spacial score (nSPS) is 26.4. The van der Waals surface area contributed by atoms with Crippen LogP contribution in [-0.4, -0.2) is 61.0 Å². The molecule has 0 aromatic carbocycles. The number of ether oxygens (including phenoxy) is 1. The number of aliphatic hydroxyl groups is 1. The fourth-order valence-corrected chi connectivity index (χ4v) is 1.51. The number of hydrogen-bond donors (Lipinski definition) is 4. The zero-order valence-electron chi connectivity index (χ0n) is 8.97. The molecule has 1 saturated heterocycles. The van der Waals surface area contributed by atoms with E-state index in [1.165, 1.54) is 0 Å². The molecule has 7 heteroatoms. The molecule has 7 nitrogen and oxygen atoms in total. The van der Waals surface area contributed by atoms with E-state index in [2.05, 4.69) is 10.6 Å². The van der Waals surface area contributed by atoms with Crippen molar-refractivity contribution < 1.29 is 24.5 Å². The van der Waals surface area contributed by atoms with Crippen molar-refractivity contribution in [3.8, 4) is 0 Å². The van der Waals surface area contributed by atoms with E-state index in [9.17, 15) is 9.59 Å². The number of amides is 1. The van der Waals surface area contributed by atoms with Gasteiger partial charge in [0, 0.05) is 6.04 Å². The molecule has 0 aromatic heterocycles. The third-order valence-corrected chi connectivity index (χ3v) is 2.54. The second-order valence-electron chi connectivity index (χ2n) is 3.64. The van der Waals surface area contributed by atoms with Gasteiger partial charge >= 0.3 is 5.97 Å². The Balaban J connectivity index is 2.37. The van der Waals surface area contributed by atoms with Gasteiger partial charge in [-0.1, -0.05) is 0 Å². The molecule has 3 unspecified atom stereocenters. The largest absolute Gasteiger partial charge is 0.479 e. The zero-order chi connectivity index (χ0) is 12.1. The van der Waals surface area contributed by atoms with Crippen LogP contribution in [-0.2, 0) is 14.3 Å². The van der Waals surface area contributed by atoms with Gasteiger partial charge in [0.15, 0.2) is 6.10 Å². The van der Waals surface area contributed by atoms with Gasteiger partial charge in [-0.2, -0.15) is 0 Å². The monoisotopic (exact) mass is 232 g/mol. The molecule has 1 amide bonds. The average Bonchev–Trinajstić information content (AvgIpc) is 2.73. The summed E-state index contributed by atoms with van der Waals surface area (Å²) in [5.74, 6) is -2.00. The minimum absolute atomic E-state index is 0.0676. The number of carboxylic acid groups (broad SMARTS) is 1. The predicted octanol–water partition coefficient (Wildman–Crippen LogP) is -2.22. The van der Waals surface area contributed by atoms with Crippen LogP contribution in [0.15, 0.2) is 0 Å². The maximum absolute atomic E-state index is 11.6. The summed E-state index contributed by atoms with van der Waals surface area (Å²) < 4.78 is 5.13. The Kier molecular flexibility index (Phi) is 4.66. The van der Waals surface area contributed by atoms with E-state index in [-0.39, 0.29) is 24.4 Å². The molecular formula is C9H16N2O5. The number of carbonyl (C=O) groups excluding carboxylic acids is 1. The summed E-state index contributed by atoms with van der Waals surface area (Å²) in [5.41, 5.74) is 0. The van der Waals surface area contributed by atoms with Crippen LogP contribution in [0.2, 0.25) is 0 Å². The summed E-state index contributed by atoms with van der Waals surface area (Å²) in [6.45, 7) is 0.470. The van der Waals surface area contributed by atoms with Crippen molar-refractivity contribution in [1.82, 2.24) is 10.6 Å². The molecular weight excluding hydrogens is 216 g/mol. The van der Waals surface area contributed by atoms with Crippen molar-refractivity contribution in [1.29, 1.82) is 0 Å². The predicted molar refractivity (Wildman–Crippen MR) is 53.8 cm³/mol. The Morgan fingerprint density at radius 2 is 2.19 bits per heavy atom. The lowest BCUT2D eigenvalue weighted by atomic mass is 10.0. The van der Waals surface area contributed by atoms with Crippen LogP contribution < -0.4 is 10.6 Å². The van der Waals surface area contributed by atoms with Crippen LogP contribution in [0.4, 0.5) is 0 Å². The number of carboxylic acids is 1. The molecule has 1 heterocycles. The number of aliphatic carboxylic acids is 1. The molecule has 92 valence electrons. The summed E-state index contributed by atoms with van der Waals surface area (Å²) in [4.78, 5) is 21.9. The summed E-state index contributed by atoms with van der Waals surface area (Å²) in [7, 11) is 1.73. The number of rotatable bonds is 5. The Morgan fingerprint density at radius 1 is 1.50 bits per heavy atom. The van der Waals surface area contributed by atoms with Gasteiger partial charge in [0.2, 0.25) is 5.91 Å². The molecule has 0 saturated carbocycles.